The van der Waals surface area contributed by atoms with E-state index in [-0.39, 0.29) is 12.8 Å². The SMILES string of the molecule is O=C(O)CC1(NS(=O)(=O)C(F)(F)F)CCCC1. The molecule has 1 aliphatic carbocycles. The Morgan fingerprint density at radius 1 is 1.29 bits per heavy atom. The molecule has 0 spiro atoms. The molecular formula is C8H12F3NO4S. The highest BCUT2D eigenvalue weighted by Gasteiger charge is 2.51. The number of aliphatic carboxylic acids is 1. The van der Waals surface area contributed by atoms with Gasteiger partial charge >= 0.3 is 21.5 Å². The number of sulfonamides is 1. The van der Waals surface area contributed by atoms with E-state index in [0.717, 1.165) is 0 Å². The highest BCUT2D eigenvalue weighted by atomic mass is 32.2. The minimum absolute atomic E-state index is 0.106. The smallest absolute Gasteiger partial charge is 0.481 e. The van der Waals surface area contributed by atoms with Crippen LogP contribution in [0.4, 0.5) is 13.2 Å². The Kier molecular flexibility index (Phi) is 3.72. The fraction of sp³-hybridized carbons (Fsp3) is 0.875. The molecule has 0 unspecified atom stereocenters. The standard InChI is InChI=1S/C8H12F3NO4S/c9-8(10,11)17(15,16)12-7(5-6(13)14)3-1-2-4-7/h12H,1-5H2,(H,13,14). The highest BCUT2D eigenvalue weighted by Crippen LogP contribution is 2.35. The summed E-state index contributed by atoms with van der Waals surface area (Å²) in [6.07, 6.45) is 0.590. The van der Waals surface area contributed by atoms with Gasteiger partial charge in [-0.25, -0.2) is 13.1 Å². The maximum atomic E-state index is 12.2. The number of rotatable bonds is 4. The number of carboxylic acid groups (broad SMARTS) is 1. The highest BCUT2D eigenvalue weighted by molar-refractivity contribution is 7.90. The van der Waals surface area contributed by atoms with Crippen LogP contribution in [0.1, 0.15) is 32.1 Å². The summed E-state index contributed by atoms with van der Waals surface area (Å²) in [5, 5.41) is 8.62. The Morgan fingerprint density at radius 3 is 2.12 bits per heavy atom. The molecule has 0 atom stereocenters. The van der Waals surface area contributed by atoms with Crippen LogP contribution in [0.2, 0.25) is 0 Å². The van der Waals surface area contributed by atoms with E-state index in [1.165, 1.54) is 4.72 Å². The zero-order valence-electron chi connectivity index (χ0n) is 8.75. The number of carboxylic acids is 1. The molecule has 100 valence electrons. The molecule has 1 rings (SSSR count). The van der Waals surface area contributed by atoms with Gasteiger partial charge in [-0.3, -0.25) is 4.79 Å². The van der Waals surface area contributed by atoms with Gasteiger partial charge in [0.05, 0.1) is 6.42 Å². The van der Waals surface area contributed by atoms with Crippen LogP contribution in [0.15, 0.2) is 0 Å². The molecule has 1 aliphatic rings. The van der Waals surface area contributed by atoms with E-state index in [1.54, 1.807) is 0 Å². The summed E-state index contributed by atoms with van der Waals surface area (Å²) in [5.74, 6) is -1.32. The molecule has 0 radical (unpaired) electrons. The zero-order chi connectivity index (χ0) is 13.3. The predicted molar refractivity (Wildman–Crippen MR) is 51.6 cm³/mol. The van der Waals surface area contributed by atoms with Crippen LogP contribution in [0.5, 0.6) is 0 Å². The van der Waals surface area contributed by atoms with Crippen LogP contribution < -0.4 is 4.72 Å². The van der Waals surface area contributed by atoms with Gasteiger partial charge in [0.15, 0.2) is 0 Å². The van der Waals surface area contributed by atoms with Crippen molar-refractivity contribution in [2.75, 3.05) is 0 Å². The number of carbonyl (C=O) groups is 1. The van der Waals surface area contributed by atoms with Crippen molar-refractivity contribution in [3.8, 4) is 0 Å². The Hall–Kier alpha value is -0.830. The van der Waals surface area contributed by atoms with Crippen molar-refractivity contribution in [2.24, 2.45) is 0 Å². The Balaban J connectivity index is 2.92. The third kappa shape index (κ3) is 3.32. The zero-order valence-corrected chi connectivity index (χ0v) is 9.57. The summed E-state index contributed by atoms with van der Waals surface area (Å²) in [5.41, 5.74) is -6.92. The Bertz CT molecular complexity index is 397. The van der Waals surface area contributed by atoms with E-state index in [0.29, 0.717) is 12.8 Å². The Morgan fingerprint density at radius 2 is 1.76 bits per heavy atom. The maximum Gasteiger partial charge on any atom is 0.511 e. The molecule has 0 aromatic carbocycles. The normalized spacial score (nSPS) is 20.4. The largest absolute Gasteiger partial charge is 0.511 e. The van der Waals surface area contributed by atoms with Gasteiger partial charge < -0.3 is 5.11 Å². The molecule has 5 nitrogen and oxygen atoms in total. The van der Waals surface area contributed by atoms with Gasteiger partial charge in [0.1, 0.15) is 0 Å². The Labute approximate surface area is 96.1 Å². The van der Waals surface area contributed by atoms with Crippen LogP contribution in [-0.4, -0.2) is 30.5 Å². The second-order valence-corrected chi connectivity index (χ2v) is 5.78. The quantitative estimate of drug-likeness (QED) is 0.808. The van der Waals surface area contributed by atoms with E-state index in [1.807, 2.05) is 0 Å². The average Bonchev–Trinajstić information content (AvgIpc) is 2.48. The van der Waals surface area contributed by atoms with Gasteiger partial charge in [0.2, 0.25) is 0 Å². The molecule has 0 aliphatic heterocycles. The lowest BCUT2D eigenvalue weighted by Crippen LogP contribution is -2.51. The third-order valence-electron chi connectivity index (χ3n) is 2.71. The van der Waals surface area contributed by atoms with Crippen LogP contribution >= 0.6 is 0 Å². The first-order chi connectivity index (χ1) is 7.58. The number of hydrogen-bond donors (Lipinski definition) is 2. The molecule has 0 aromatic heterocycles. The van der Waals surface area contributed by atoms with Gasteiger partial charge in [0.25, 0.3) is 0 Å². The molecule has 0 amide bonds. The van der Waals surface area contributed by atoms with Gasteiger partial charge in [-0.15, -0.1) is 0 Å². The van der Waals surface area contributed by atoms with Gasteiger partial charge in [-0.2, -0.15) is 13.2 Å². The van der Waals surface area contributed by atoms with Crippen molar-refractivity contribution < 1.29 is 31.5 Å². The van der Waals surface area contributed by atoms with Crippen LogP contribution in [-0.2, 0) is 14.8 Å². The first-order valence-corrected chi connectivity index (χ1v) is 6.38. The fourth-order valence-corrected chi connectivity index (χ4v) is 2.96. The first kappa shape index (κ1) is 14.2. The number of nitrogens with one attached hydrogen (secondary N) is 1. The molecule has 2 N–H and O–H groups in total. The molecule has 17 heavy (non-hydrogen) atoms. The summed E-state index contributed by atoms with van der Waals surface area (Å²) in [6, 6.07) is 0. The van der Waals surface area contributed by atoms with Gasteiger partial charge in [-0.1, -0.05) is 12.8 Å². The summed E-state index contributed by atoms with van der Waals surface area (Å²) in [4.78, 5) is 10.6. The molecular weight excluding hydrogens is 263 g/mol. The van der Waals surface area contributed by atoms with E-state index in [9.17, 15) is 26.4 Å². The maximum absolute atomic E-state index is 12.2. The fourth-order valence-electron chi connectivity index (χ4n) is 2.00. The lowest BCUT2D eigenvalue weighted by Gasteiger charge is -2.28. The minimum atomic E-state index is -5.50. The van der Waals surface area contributed by atoms with Gasteiger partial charge in [0, 0.05) is 5.54 Å². The summed E-state index contributed by atoms with van der Waals surface area (Å²) < 4.78 is 60.0. The lowest BCUT2D eigenvalue weighted by atomic mass is 9.95. The summed E-state index contributed by atoms with van der Waals surface area (Å²) >= 11 is 0. The lowest BCUT2D eigenvalue weighted by molar-refractivity contribution is -0.138. The molecule has 9 heteroatoms. The predicted octanol–water partition coefficient (Wildman–Crippen LogP) is 1.21. The van der Waals surface area contributed by atoms with Crippen LogP contribution in [0.25, 0.3) is 0 Å². The van der Waals surface area contributed by atoms with E-state index < -0.39 is 33.5 Å². The third-order valence-corrected chi connectivity index (χ3v) is 4.02. The van der Waals surface area contributed by atoms with E-state index in [2.05, 4.69) is 0 Å². The molecule has 0 saturated heterocycles. The number of alkyl halides is 3. The average molecular weight is 275 g/mol. The van der Waals surface area contributed by atoms with E-state index >= 15 is 0 Å². The molecule has 0 bridgehead atoms. The van der Waals surface area contributed by atoms with Crippen LogP contribution in [0, 0.1) is 0 Å². The first-order valence-electron chi connectivity index (χ1n) is 4.90. The molecule has 1 saturated carbocycles. The monoisotopic (exact) mass is 275 g/mol. The molecule has 1 fully saturated rings. The van der Waals surface area contributed by atoms with Crippen molar-refractivity contribution >= 4 is 16.0 Å². The van der Waals surface area contributed by atoms with Crippen LogP contribution in [0.3, 0.4) is 0 Å². The van der Waals surface area contributed by atoms with Crippen molar-refractivity contribution in [2.45, 2.75) is 43.2 Å². The van der Waals surface area contributed by atoms with Crippen molar-refractivity contribution in [1.82, 2.24) is 4.72 Å². The van der Waals surface area contributed by atoms with E-state index in [4.69, 9.17) is 5.11 Å². The number of halogens is 3. The second-order valence-electron chi connectivity index (χ2n) is 4.11. The van der Waals surface area contributed by atoms with Crippen molar-refractivity contribution in [1.29, 1.82) is 0 Å². The molecule has 0 heterocycles. The second kappa shape index (κ2) is 4.45. The summed E-state index contributed by atoms with van der Waals surface area (Å²) in [6.45, 7) is 0. The van der Waals surface area contributed by atoms with Crippen molar-refractivity contribution in [3.05, 3.63) is 0 Å². The topological polar surface area (TPSA) is 83.5 Å². The minimum Gasteiger partial charge on any atom is -0.481 e. The summed E-state index contributed by atoms with van der Waals surface area (Å²) in [7, 11) is -5.50. The molecule has 0 aromatic rings. The number of hydrogen-bond acceptors (Lipinski definition) is 3. The van der Waals surface area contributed by atoms with Crippen molar-refractivity contribution in [3.63, 3.8) is 0 Å². The van der Waals surface area contributed by atoms with Gasteiger partial charge in [-0.05, 0) is 12.8 Å².